The molecular formula is C12H22N2O2. The lowest BCUT2D eigenvalue weighted by molar-refractivity contribution is -0.138. The highest BCUT2D eigenvalue weighted by Crippen LogP contribution is 2.44. The Morgan fingerprint density at radius 3 is 2.81 bits per heavy atom. The number of nitrogens with one attached hydrogen (secondary N) is 1. The molecular weight excluding hydrogens is 204 g/mol. The van der Waals surface area contributed by atoms with Crippen molar-refractivity contribution in [2.45, 2.75) is 38.7 Å². The van der Waals surface area contributed by atoms with E-state index in [1.165, 1.54) is 0 Å². The van der Waals surface area contributed by atoms with Gasteiger partial charge in [0.25, 0.3) is 0 Å². The van der Waals surface area contributed by atoms with E-state index < -0.39 is 0 Å². The van der Waals surface area contributed by atoms with Gasteiger partial charge in [0.2, 0.25) is 5.91 Å². The summed E-state index contributed by atoms with van der Waals surface area (Å²) in [4.78, 5) is 12.0. The largest absolute Gasteiger partial charge is 0.376 e. The first-order valence-electron chi connectivity index (χ1n) is 6.26. The predicted molar refractivity (Wildman–Crippen MR) is 61.9 cm³/mol. The van der Waals surface area contributed by atoms with Crippen molar-refractivity contribution in [3.63, 3.8) is 0 Å². The van der Waals surface area contributed by atoms with Crippen molar-refractivity contribution in [3.05, 3.63) is 0 Å². The normalized spacial score (nSPS) is 38.1. The molecule has 1 amide bonds. The Balaban J connectivity index is 1.78. The lowest BCUT2D eigenvalue weighted by Crippen LogP contribution is -2.54. The summed E-state index contributed by atoms with van der Waals surface area (Å²) in [5.74, 6) is 0.764. The molecule has 1 aliphatic heterocycles. The van der Waals surface area contributed by atoms with E-state index in [9.17, 15) is 4.79 Å². The zero-order valence-corrected chi connectivity index (χ0v) is 10.00. The van der Waals surface area contributed by atoms with Crippen molar-refractivity contribution >= 4 is 5.91 Å². The van der Waals surface area contributed by atoms with E-state index in [2.05, 4.69) is 12.2 Å². The van der Waals surface area contributed by atoms with Crippen molar-refractivity contribution < 1.29 is 9.53 Å². The average molecular weight is 226 g/mol. The summed E-state index contributed by atoms with van der Waals surface area (Å²) in [5.41, 5.74) is 5.44. The minimum atomic E-state index is -0.280. The molecule has 1 saturated carbocycles. The molecule has 2 aliphatic rings. The van der Waals surface area contributed by atoms with Crippen molar-refractivity contribution in [1.29, 1.82) is 0 Å². The number of hydrogen-bond donors (Lipinski definition) is 2. The second kappa shape index (κ2) is 4.72. The first kappa shape index (κ1) is 11.9. The number of amides is 1. The number of rotatable bonds is 4. The number of carbonyl (C=O) groups is 1. The van der Waals surface area contributed by atoms with Crippen LogP contribution in [0.25, 0.3) is 0 Å². The monoisotopic (exact) mass is 226 g/mol. The number of carbonyl (C=O) groups excluding carboxylic acids is 1. The molecule has 4 heteroatoms. The van der Waals surface area contributed by atoms with Gasteiger partial charge < -0.3 is 15.8 Å². The van der Waals surface area contributed by atoms with Gasteiger partial charge in [-0.1, -0.05) is 6.92 Å². The molecule has 2 rings (SSSR count). The van der Waals surface area contributed by atoms with E-state index in [1.54, 1.807) is 0 Å². The molecule has 1 heterocycles. The van der Waals surface area contributed by atoms with E-state index in [-0.39, 0.29) is 17.4 Å². The maximum Gasteiger partial charge on any atom is 0.227 e. The van der Waals surface area contributed by atoms with E-state index in [4.69, 9.17) is 10.5 Å². The molecule has 3 N–H and O–H groups in total. The second-order valence-electron chi connectivity index (χ2n) is 5.34. The lowest BCUT2D eigenvalue weighted by atomic mass is 9.62. The molecule has 2 fully saturated rings. The molecule has 0 aromatic rings. The Morgan fingerprint density at radius 1 is 1.56 bits per heavy atom. The van der Waals surface area contributed by atoms with Gasteiger partial charge in [0.1, 0.15) is 0 Å². The van der Waals surface area contributed by atoms with E-state index >= 15 is 0 Å². The van der Waals surface area contributed by atoms with Crippen LogP contribution in [0.5, 0.6) is 0 Å². The molecule has 0 aromatic carbocycles. The van der Waals surface area contributed by atoms with Gasteiger partial charge in [0, 0.05) is 19.7 Å². The molecule has 0 spiro atoms. The van der Waals surface area contributed by atoms with Crippen LogP contribution in [0.15, 0.2) is 0 Å². The Morgan fingerprint density at radius 2 is 2.31 bits per heavy atom. The van der Waals surface area contributed by atoms with Crippen LogP contribution in [0.1, 0.15) is 32.6 Å². The van der Waals surface area contributed by atoms with Crippen LogP contribution < -0.4 is 11.1 Å². The summed E-state index contributed by atoms with van der Waals surface area (Å²) in [7, 11) is 0. The van der Waals surface area contributed by atoms with Gasteiger partial charge in [-0.25, -0.2) is 0 Å². The minimum absolute atomic E-state index is 0.128. The quantitative estimate of drug-likeness (QED) is 0.740. The maximum absolute atomic E-state index is 12.0. The van der Waals surface area contributed by atoms with Gasteiger partial charge >= 0.3 is 0 Å². The zero-order chi connectivity index (χ0) is 11.6. The van der Waals surface area contributed by atoms with E-state index in [1.807, 2.05) is 0 Å². The number of nitrogens with two attached hydrogens (primary N) is 1. The fraction of sp³-hybridized carbons (Fsp3) is 0.917. The van der Waals surface area contributed by atoms with Crippen LogP contribution in [0.4, 0.5) is 0 Å². The lowest BCUT2D eigenvalue weighted by Gasteiger charge is -2.44. The molecule has 0 bridgehead atoms. The molecule has 16 heavy (non-hydrogen) atoms. The van der Waals surface area contributed by atoms with Gasteiger partial charge in [-0.3, -0.25) is 4.79 Å². The first-order valence-corrected chi connectivity index (χ1v) is 6.26. The Labute approximate surface area is 96.9 Å². The van der Waals surface area contributed by atoms with Crippen LogP contribution in [0.3, 0.4) is 0 Å². The third-order valence-corrected chi connectivity index (χ3v) is 3.87. The van der Waals surface area contributed by atoms with Crippen LogP contribution in [-0.4, -0.2) is 31.7 Å². The van der Waals surface area contributed by atoms with Crippen LogP contribution >= 0.6 is 0 Å². The highest BCUT2D eigenvalue weighted by Gasteiger charge is 2.47. The molecule has 0 radical (unpaired) electrons. The van der Waals surface area contributed by atoms with Crippen molar-refractivity contribution in [2.24, 2.45) is 17.1 Å². The summed E-state index contributed by atoms with van der Waals surface area (Å²) >= 11 is 0. The second-order valence-corrected chi connectivity index (χ2v) is 5.34. The Hall–Kier alpha value is -0.610. The van der Waals surface area contributed by atoms with Crippen LogP contribution in [-0.2, 0) is 9.53 Å². The van der Waals surface area contributed by atoms with Crippen LogP contribution in [0, 0.1) is 11.3 Å². The number of hydrogen-bond acceptors (Lipinski definition) is 3. The van der Waals surface area contributed by atoms with Gasteiger partial charge in [0.15, 0.2) is 0 Å². The molecule has 1 saturated heterocycles. The van der Waals surface area contributed by atoms with Gasteiger partial charge in [-0.05, 0) is 31.6 Å². The fourth-order valence-electron chi connectivity index (χ4n) is 2.92. The zero-order valence-electron chi connectivity index (χ0n) is 10.00. The maximum atomic E-state index is 12.0. The molecule has 1 unspecified atom stereocenters. The SMILES string of the molecule is CC1CC(CN)(C(=O)NCC2CCCO2)C1. The molecule has 1 atom stereocenters. The third-order valence-electron chi connectivity index (χ3n) is 3.87. The average Bonchev–Trinajstić information content (AvgIpc) is 2.73. The summed E-state index contributed by atoms with van der Waals surface area (Å²) in [5, 5.41) is 2.99. The predicted octanol–water partition coefficient (Wildman–Crippen LogP) is 0.657. The van der Waals surface area contributed by atoms with Crippen molar-refractivity contribution in [1.82, 2.24) is 5.32 Å². The molecule has 1 aliphatic carbocycles. The van der Waals surface area contributed by atoms with E-state index in [0.717, 1.165) is 32.3 Å². The minimum Gasteiger partial charge on any atom is -0.376 e. The molecule has 92 valence electrons. The van der Waals surface area contributed by atoms with Gasteiger partial charge in [-0.15, -0.1) is 0 Å². The Bertz CT molecular complexity index is 256. The standard InChI is InChI=1S/C12H22N2O2/c1-9-5-12(6-9,8-13)11(15)14-7-10-3-2-4-16-10/h9-10H,2-8,13H2,1H3,(H,14,15). The third kappa shape index (κ3) is 2.23. The topological polar surface area (TPSA) is 64.4 Å². The highest BCUT2D eigenvalue weighted by molar-refractivity contribution is 5.83. The molecule has 4 nitrogen and oxygen atoms in total. The van der Waals surface area contributed by atoms with E-state index in [0.29, 0.717) is 19.0 Å². The highest BCUT2D eigenvalue weighted by atomic mass is 16.5. The van der Waals surface area contributed by atoms with Crippen molar-refractivity contribution in [3.8, 4) is 0 Å². The summed E-state index contributed by atoms with van der Waals surface area (Å²) in [6.07, 6.45) is 4.25. The Kier molecular flexibility index (Phi) is 3.50. The first-order chi connectivity index (χ1) is 7.66. The smallest absolute Gasteiger partial charge is 0.227 e. The van der Waals surface area contributed by atoms with Crippen molar-refractivity contribution in [2.75, 3.05) is 19.7 Å². The van der Waals surface area contributed by atoms with Crippen LogP contribution in [0.2, 0.25) is 0 Å². The molecule has 0 aromatic heterocycles. The van der Waals surface area contributed by atoms with Gasteiger partial charge in [0.05, 0.1) is 11.5 Å². The number of ether oxygens (including phenoxy) is 1. The summed E-state index contributed by atoms with van der Waals surface area (Å²) in [6, 6.07) is 0. The summed E-state index contributed by atoms with van der Waals surface area (Å²) < 4.78 is 5.48. The van der Waals surface area contributed by atoms with Gasteiger partial charge in [-0.2, -0.15) is 0 Å². The fourth-order valence-corrected chi connectivity index (χ4v) is 2.92. The summed E-state index contributed by atoms with van der Waals surface area (Å²) in [6.45, 7) is 4.12.